The summed E-state index contributed by atoms with van der Waals surface area (Å²) in [5, 5.41) is 1.09. The number of thiazole rings is 1. The van der Waals surface area contributed by atoms with E-state index in [1.165, 1.54) is 28.4 Å². The molecule has 0 bridgehead atoms. The second kappa shape index (κ2) is 8.12. The van der Waals surface area contributed by atoms with Gasteiger partial charge in [0, 0.05) is 23.6 Å². The highest BCUT2D eigenvalue weighted by atomic mass is 35.5. The van der Waals surface area contributed by atoms with Gasteiger partial charge in [0.25, 0.3) is 5.91 Å². The number of anilines is 1. The summed E-state index contributed by atoms with van der Waals surface area (Å²) >= 11 is 7.36. The highest BCUT2D eigenvalue weighted by Crippen LogP contribution is 2.30. The van der Waals surface area contributed by atoms with Gasteiger partial charge in [-0.15, -0.1) is 0 Å². The topological polar surface area (TPSA) is 37.6 Å². The smallest absolute Gasteiger partial charge is 0.260 e. The van der Waals surface area contributed by atoms with Gasteiger partial charge in [0.05, 0.1) is 30.9 Å². The van der Waals surface area contributed by atoms with Crippen LogP contribution in [0, 0.1) is 5.82 Å². The van der Waals surface area contributed by atoms with E-state index in [4.69, 9.17) is 11.6 Å². The summed E-state index contributed by atoms with van der Waals surface area (Å²) in [5.74, 6) is -0.461. The first kappa shape index (κ1) is 18.8. The zero-order chi connectivity index (χ0) is 18.7. The summed E-state index contributed by atoms with van der Waals surface area (Å²) in [5.41, 5.74) is 1.20. The number of nitrogens with zero attached hydrogens (tertiary/aromatic N) is 2. The number of halogens is 2. The highest BCUT2D eigenvalue weighted by molar-refractivity contribution is 7.22. The lowest BCUT2D eigenvalue weighted by atomic mass is 10.2. The van der Waals surface area contributed by atoms with Crippen molar-refractivity contribution in [1.29, 1.82) is 0 Å². The van der Waals surface area contributed by atoms with E-state index in [1.54, 1.807) is 35.2 Å². The summed E-state index contributed by atoms with van der Waals surface area (Å²) < 4.78 is 14.2. The van der Waals surface area contributed by atoms with E-state index < -0.39 is 0 Å². The SMILES string of the molecule is C[NH+](C)CCCN(C(=O)c1cccc(Cl)c1)c1nc2ccc(F)cc2s1. The molecule has 0 unspecified atom stereocenters. The second-order valence-electron chi connectivity index (χ2n) is 6.39. The fourth-order valence-electron chi connectivity index (χ4n) is 2.65. The molecule has 3 aromatic rings. The molecule has 0 saturated carbocycles. The van der Waals surface area contributed by atoms with E-state index >= 15 is 0 Å². The van der Waals surface area contributed by atoms with Gasteiger partial charge in [-0.1, -0.05) is 29.0 Å². The first-order valence-corrected chi connectivity index (χ1v) is 9.56. The van der Waals surface area contributed by atoms with Gasteiger partial charge in [0.1, 0.15) is 5.82 Å². The van der Waals surface area contributed by atoms with Crippen molar-refractivity contribution < 1.29 is 14.1 Å². The van der Waals surface area contributed by atoms with E-state index in [1.807, 2.05) is 0 Å². The minimum atomic E-state index is -0.309. The van der Waals surface area contributed by atoms with Crippen LogP contribution in [0.15, 0.2) is 42.5 Å². The van der Waals surface area contributed by atoms with Crippen molar-refractivity contribution in [2.45, 2.75) is 6.42 Å². The Hall–Kier alpha value is -2.02. The fraction of sp³-hybridized carbons (Fsp3) is 0.263. The van der Waals surface area contributed by atoms with Crippen LogP contribution in [0.2, 0.25) is 5.02 Å². The van der Waals surface area contributed by atoms with Crippen LogP contribution in [0.25, 0.3) is 10.2 Å². The van der Waals surface area contributed by atoms with Crippen LogP contribution in [-0.2, 0) is 0 Å². The van der Waals surface area contributed by atoms with Crippen LogP contribution in [0.5, 0.6) is 0 Å². The van der Waals surface area contributed by atoms with E-state index in [9.17, 15) is 9.18 Å². The van der Waals surface area contributed by atoms with Crippen LogP contribution < -0.4 is 9.80 Å². The molecule has 0 fully saturated rings. The number of hydrogen-bond acceptors (Lipinski definition) is 3. The van der Waals surface area contributed by atoms with Gasteiger partial charge in [0.2, 0.25) is 0 Å². The number of rotatable bonds is 6. The third-order valence-electron chi connectivity index (χ3n) is 3.95. The largest absolute Gasteiger partial charge is 0.340 e. The van der Waals surface area contributed by atoms with Gasteiger partial charge in [-0.2, -0.15) is 0 Å². The van der Waals surface area contributed by atoms with Crippen LogP contribution in [0.3, 0.4) is 0 Å². The Morgan fingerprint density at radius 1 is 1.27 bits per heavy atom. The predicted octanol–water partition coefficient (Wildman–Crippen LogP) is 3.27. The van der Waals surface area contributed by atoms with E-state index in [0.717, 1.165) is 17.7 Å². The lowest BCUT2D eigenvalue weighted by Gasteiger charge is -2.20. The Balaban J connectivity index is 1.94. The quantitative estimate of drug-likeness (QED) is 0.699. The first-order valence-electron chi connectivity index (χ1n) is 8.36. The number of nitrogens with one attached hydrogen (secondary N) is 1. The number of carbonyl (C=O) groups is 1. The van der Waals surface area contributed by atoms with Crippen LogP contribution >= 0.6 is 22.9 Å². The molecule has 7 heteroatoms. The van der Waals surface area contributed by atoms with Crippen molar-refractivity contribution in [3.8, 4) is 0 Å². The molecule has 1 aromatic heterocycles. The number of amides is 1. The summed E-state index contributed by atoms with van der Waals surface area (Å²) in [7, 11) is 4.15. The zero-order valence-electron chi connectivity index (χ0n) is 14.6. The van der Waals surface area contributed by atoms with E-state index in [2.05, 4.69) is 19.1 Å². The number of aromatic nitrogens is 1. The predicted molar refractivity (Wildman–Crippen MR) is 105 cm³/mol. The summed E-state index contributed by atoms with van der Waals surface area (Å²) in [6, 6.07) is 11.3. The number of benzene rings is 2. The Labute approximate surface area is 160 Å². The minimum absolute atomic E-state index is 0.152. The van der Waals surface area contributed by atoms with Crippen molar-refractivity contribution in [3.63, 3.8) is 0 Å². The summed E-state index contributed by atoms with van der Waals surface area (Å²) in [6.45, 7) is 1.47. The molecule has 0 radical (unpaired) electrons. The maximum Gasteiger partial charge on any atom is 0.260 e. The maximum absolute atomic E-state index is 13.5. The molecule has 0 aliphatic carbocycles. The fourth-order valence-corrected chi connectivity index (χ4v) is 3.86. The van der Waals surface area contributed by atoms with Crippen LogP contribution in [-0.4, -0.2) is 38.1 Å². The van der Waals surface area contributed by atoms with Crippen LogP contribution in [0.1, 0.15) is 16.8 Å². The van der Waals surface area contributed by atoms with Gasteiger partial charge in [-0.25, -0.2) is 9.37 Å². The molecule has 3 rings (SSSR count). The monoisotopic (exact) mass is 392 g/mol. The summed E-state index contributed by atoms with van der Waals surface area (Å²) in [4.78, 5) is 20.6. The number of fused-ring (bicyclic) bond motifs is 1. The third-order valence-corrected chi connectivity index (χ3v) is 5.22. The van der Waals surface area contributed by atoms with Crippen molar-refractivity contribution in [3.05, 3.63) is 58.9 Å². The van der Waals surface area contributed by atoms with Gasteiger partial charge >= 0.3 is 0 Å². The molecule has 136 valence electrons. The number of carbonyl (C=O) groups excluding carboxylic acids is 1. The standard InChI is InChI=1S/C19H19ClFN3OS/c1-23(2)9-4-10-24(18(25)13-5-3-6-14(20)11-13)19-22-16-8-7-15(21)12-17(16)26-19/h3,5-8,11-12H,4,9-10H2,1-2H3/p+1. The van der Waals surface area contributed by atoms with Crippen molar-refractivity contribution in [2.75, 3.05) is 32.1 Å². The first-order chi connectivity index (χ1) is 12.4. The van der Waals surface area contributed by atoms with Gasteiger partial charge < -0.3 is 4.90 Å². The van der Waals surface area contributed by atoms with Crippen molar-refractivity contribution in [1.82, 2.24) is 4.98 Å². The molecule has 0 aliphatic heterocycles. The molecule has 0 aliphatic rings. The van der Waals surface area contributed by atoms with Gasteiger partial charge in [0.15, 0.2) is 5.13 Å². The molecule has 0 atom stereocenters. The lowest BCUT2D eigenvalue weighted by Crippen LogP contribution is -3.05. The molecule has 1 amide bonds. The molecule has 0 spiro atoms. The van der Waals surface area contributed by atoms with Gasteiger partial charge in [-0.05, 0) is 36.4 Å². The molecular weight excluding hydrogens is 373 g/mol. The Bertz CT molecular complexity index is 928. The second-order valence-corrected chi connectivity index (χ2v) is 7.83. The average Bonchev–Trinajstić information content (AvgIpc) is 3.00. The maximum atomic E-state index is 13.5. The zero-order valence-corrected chi connectivity index (χ0v) is 16.2. The summed E-state index contributed by atoms with van der Waals surface area (Å²) in [6.07, 6.45) is 0.832. The molecule has 1 N–H and O–H groups in total. The lowest BCUT2D eigenvalue weighted by molar-refractivity contribution is -0.858. The van der Waals surface area contributed by atoms with Gasteiger partial charge in [-0.3, -0.25) is 9.69 Å². The number of quaternary nitrogens is 1. The third kappa shape index (κ3) is 4.38. The van der Waals surface area contributed by atoms with Crippen molar-refractivity contribution >= 4 is 44.2 Å². The Morgan fingerprint density at radius 3 is 2.81 bits per heavy atom. The Kier molecular flexibility index (Phi) is 5.86. The van der Waals surface area contributed by atoms with Crippen molar-refractivity contribution in [2.24, 2.45) is 0 Å². The van der Waals surface area contributed by atoms with Crippen LogP contribution in [0.4, 0.5) is 9.52 Å². The van der Waals surface area contributed by atoms with E-state index in [-0.39, 0.29) is 11.7 Å². The molecule has 1 heterocycles. The molecule has 26 heavy (non-hydrogen) atoms. The minimum Gasteiger partial charge on any atom is -0.340 e. The Morgan fingerprint density at radius 2 is 2.08 bits per heavy atom. The average molecular weight is 393 g/mol. The normalized spacial score (nSPS) is 11.3. The van der Waals surface area contributed by atoms with E-state index in [0.29, 0.717) is 27.8 Å². The number of hydrogen-bond donors (Lipinski definition) is 1. The molecule has 4 nitrogen and oxygen atoms in total. The molecule has 2 aromatic carbocycles. The highest BCUT2D eigenvalue weighted by Gasteiger charge is 2.21. The molecule has 0 saturated heterocycles. The molecular formula is C19H20ClFN3OS+.